The molecule has 0 aliphatic heterocycles. The summed E-state index contributed by atoms with van der Waals surface area (Å²) in [7, 11) is -2.08. The highest BCUT2D eigenvalue weighted by Gasteiger charge is 2.10. The highest BCUT2D eigenvalue weighted by atomic mass is 32.2. The summed E-state index contributed by atoms with van der Waals surface area (Å²) < 4.78 is 27.2. The van der Waals surface area contributed by atoms with Crippen molar-refractivity contribution in [1.82, 2.24) is 0 Å². The Morgan fingerprint density at radius 3 is 2.44 bits per heavy atom. The highest BCUT2D eigenvalue weighted by Crippen LogP contribution is 2.14. The van der Waals surface area contributed by atoms with Crippen molar-refractivity contribution < 1.29 is 18.3 Å². The number of nitrogens with two attached hydrogens (primary N) is 1. The quantitative estimate of drug-likeness (QED) is 0.656. The van der Waals surface area contributed by atoms with Gasteiger partial charge in [-0.1, -0.05) is 0 Å². The van der Waals surface area contributed by atoms with Crippen molar-refractivity contribution in [2.24, 2.45) is 5.14 Å². The van der Waals surface area contributed by atoms with E-state index in [0.29, 0.717) is 13.0 Å². The summed E-state index contributed by atoms with van der Waals surface area (Å²) in [4.78, 5) is 0.0681. The van der Waals surface area contributed by atoms with Crippen LogP contribution in [0.1, 0.15) is 6.42 Å². The second-order valence-electron chi connectivity index (χ2n) is 3.88. The molecule has 0 heterocycles. The molecule has 18 heavy (non-hydrogen) atoms. The number of rotatable bonds is 7. The molecule has 1 atom stereocenters. The molecule has 102 valence electrons. The van der Waals surface area contributed by atoms with E-state index < -0.39 is 10.0 Å². The summed E-state index contributed by atoms with van der Waals surface area (Å²) in [6.07, 6.45) is 0.546. The van der Waals surface area contributed by atoms with Crippen LogP contribution in [0.25, 0.3) is 0 Å². The van der Waals surface area contributed by atoms with E-state index in [0.717, 1.165) is 5.69 Å². The molecule has 0 aliphatic carbocycles. The molecule has 1 aromatic carbocycles. The molecule has 0 aromatic heterocycles. The number of primary sulfonamides is 1. The minimum atomic E-state index is -3.66. The van der Waals surface area contributed by atoms with Crippen molar-refractivity contribution in [3.8, 4) is 0 Å². The van der Waals surface area contributed by atoms with Gasteiger partial charge in [0.15, 0.2) is 0 Å². The molecular weight excluding hydrogens is 256 g/mol. The van der Waals surface area contributed by atoms with Crippen LogP contribution in [0.4, 0.5) is 5.69 Å². The first-order chi connectivity index (χ1) is 8.47. The van der Waals surface area contributed by atoms with Crippen LogP contribution in [0.2, 0.25) is 0 Å². The van der Waals surface area contributed by atoms with Crippen molar-refractivity contribution in [2.75, 3.05) is 25.6 Å². The number of methoxy groups -OCH3 is 1. The van der Waals surface area contributed by atoms with Gasteiger partial charge in [-0.25, -0.2) is 13.6 Å². The van der Waals surface area contributed by atoms with E-state index in [1.165, 1.54) is 12.1 Å². The zero-order chi connectivity index (χ0) is 13.6. The van der Waals surface area contributed by atoms with Crippen molar-refractivity contribution in [1.29, 1.82) is 0 Å². The highest BCUT2D eigenvalue weighted by molar-refractivity contribution is 7.89. The van der Waals surface area contributed by atoms with E-state index in [1.54, 1.807) is 19.2 Å². The predicted octanol–water partition coefficient (Wildman–Crippen LogP) is 0.143. The summed E-state index contributed by atoms with van der Waals surface area (Å²) in [5.41, 5.74) is 0.748. The van der Waals surface area contributed by atoms with Crippen molar-refractivity contribution >= 4 is 15.7 Å². The van der Waals surface area contributed by atoms with Crippen molar-refractivity contribution in [3.05, 3.63) is 24.3 Å². The second kappa shape index (κ2) is 6.69. The molecule has 4 N–H and O–H groups in total. The second-order valence-corrected chi connectivity index (χ2v) is 5.44. The van der Waals surface area contributed by atoms with Crippen LogP contribution < -0.4 is 10.5 Å². The lowest BCUT2D eigenvalue weighted by molar-refractivity contribution is 0.170. The lowest BCUT2D eigenvalue weighted by atomic mass is 10.2. The topological polar surface area (TPSA) is 102 Å². The molecule has 0 bridgehead atoms. The Morgan fingerprint density at radius 2 is 2.00 bits per heavy atom. The maximum atomic E-state index is 11.1. The Morgan fingerprint density at radius 1 is 1.39 bits per heavy atom. The van der Waals surface area contributed by atoms with Gasteiger partial charge in [0.05, 0.1) is 17.5 Å². The van der Waals surface area contributed by atoms with Gasteiger partial charge in [0, 0.05) is 19.4 Å². The lowest BCUT2D eigenvalue weighted by Crippen LogP contribution is -2.26. The van der Waals surface area contributed by atoms with Crippen molar-refractivity contribution in [3.63, 3.8) is 0 Å². The standard InChI is InChI=1S/C11H18N2O4S/c1-17-8-10(6-7-14)13-9-2-4-11(5-3-9)18(12,15)16/h2-5,10,13-14H,6-8H2,1H3,(H2,12,15,16). The van der Waals surface area contributed by atoms with E-state index in [2.05, 4.69) is 5.32 Å². The Bertz CT molecular complexity index is 452. The Labute approximate surface area is 107 Å². The molecule has 0 amide bonds. The van der Waals surface area contributed by atoms with Gasteiger partial charge in [-0.15, -0.1) is 0 Å². The molecule has 0 radical (unpaired) electrons. The molecular formula is C11H18N2O4S. The number of anilines is 1. The monoisotopic (exact) mass is 274 g/mol. The molecule has 0 spiro atoms. The molecule has 6 nitrogen and oxygen atoms in total. The van der Waals surface area contributed by atoms with E-state index >= 15 is 0 Å². The zero-order valence-electron chi connectivity index (χ0n) is 10.2. The third-order valence-electron chi connectivity index (χ3n) is 2.40. The van der Waals surface area contributed by atoms with Crippen LogP contribution in [0, 0.1) is 0 Å². The fraction of sp³-hybridized carbons (Fsp3) is 0.455. The van der Waals surface area contributed by atoms with Gasteiger partial charge in [0.1, 0.15) is 0 Å². The first kappa shape index (κ1) is 14.9. The van der Waals surface area contributed by atoms with Crippen LogP contribution in [0.15, 0.2) is 29.2 Å². The zero-order valence-corrected chi connectivity index (χ0v) is 11.0. The van der Waals surface area contributed by atoms with Crippen LogP contribution in [-0.4, -0.2) is 39.9 Å². The van der Waals surface area contributed by atoms with Gasteiger partial charge in [-0.2, -0.15) is 0 Å². The first-order valence-electron chi connectivity index (χ1n) is 5.46. The largest absolute Gasteiger partial charge is 0.396 e. The predicted molar refractivity (Wildman–Crippen MR) is 68.8 cm³/mol. The number of hydrogen-bond donors (Lipinski definition) is 3. The lowest BCUT2D eigenvalue weighted by Gasteiger charge is -2.18. The van der Waals surface area contributed by atoms with Crippen LogP contribution in [0.5, 0.6) is 0 Å². The average molecular weight is 274 g/mol. The van der Waals surface area contributed by atoms with Gasteiger partial charge in [-0.3, -0.25) is 0 Å². The van der Waals surface area contributed by atoms with E-state index in [9.17, 15) is 8.42 Å². The van der Waals surface area contributed by atoms with Gasteiger partial charge in [-0.05, 0) is 30.7 Å². The summed E-state index contributed by atoms with van der Waals surface area (Å²) >= 11 is 0. The molecule has 1 unspecified atom stereocenters. The molecule has 1 rings (SSSR count). The number of nitrogens with one attached hydrogen (secondary N) is 1. The van der Waals surface area contributed by atoms with E-state index in [4.69, 9.17) is 15.0 Å². The van der Waals surface area contributed by atoms with Crippen LogP contribution in [0.3, 0.4) is 0 Å². The minimum Gasteiger partial charge on any atom is -0.396 e. The molecule has 0 aliphatic rings. The summed E-state index contributed by atoms with van der Waals surface area (Å²) in [5, 5.41) is 17.0. The number of aliphatic hydroxyl groups excluding tert-OH is 1. The summed E-state index contributed by atoms with van der Waals surface area (Å²) in [6.45, 7) is 0.508. The Balaban J connectivity index is 2.73. The molecule has 1 aromatic rings. The summed E-state index contributed by atoms with van der Waals surface area (Å²) in [5.74, 6) is 0. The minimum absolute atomic E-state index is 0.0275. The van der Waals surface area contributed by atoms with Gasteiger partial charge in [0.2, 0.25) is 10.0 Å². The smallest absolute Gasteiger partial charge is 0.238 e. The first-order valence-corrected chi connectivity index (χ1v) is 7.01. The van der Waals surface area contributed by atoms with E-state index in [-0.39, 0.29) is 17.5 Å². The molecule has 7 heteroatoms. The number of sulfonamides is 1. The normalized spacial score (nSPS) is 13.3. The number of aliphatic hydroxyl groups is 1. The third kappa shape index (κ3) is 4.61. The Kier molecular flexibility index (Phi) is 5.54. The van der Waals surface area contributed by atoms with Gasteiger partial charge < -0.3 is 15.2 Å². The number of ether oxygens (including phenoxy) is 1. The molecule has 0 saturated carbocycles. The maximum absolute atomic E-state index is 11.1. The van der Waals surface area contributed by atoms with E-state index in [1.807, 2.05) is 0 Å². The van der Waals surface area contributed by atoms with Gasteiger partial charge in [0.25, 0.3) is 0 Å². The van der Waals surface area contributed by atoms with Crippen LogP contribution in [-0.2, 0) is 14.8 Å². The fourth-order valence-electron chi connectivity index (χ4n) is 1.53. The van der Waals surface area contributed by atoms with Crippen LogP contribution >= 0.6 is 0 Å². The number of hydrogen-bond acceptors (Lipinski definition) is 5. The molecule has 0 fully saturated rings. The maximum Gasteiger partial charge on any atom is 0.238 e. The third-order valence-corrected chi connectivity index (χ3v) is 3.33. The number of benzene rings is 1. The average Bonchev–Trinajstić information content (AvgIpc) is 2.29. The summed E-state index contributed by atoms with van der Waals surface area (Å²) in [6, 6.07) is 6.08. The molecule has 0 saturated heterocycles. The van der Waals surface area contributed by atoms with Gasteiger partial charge >= 0.3 is 0 Å². The Hall–Kier alpha value is -1.15. The fourth-order valence-corrected chi connectivity index (χ4v) is 2.05. The van der Waals surface area contributed by atoms with Crippen molar-refractivity contribution in [2.45, 2.75) is 17.4 Å². The SMILES string of the molecule is COCC(CCO)Nc1ccc(S(N)(=O)=O)cc1.